The van der Waals surface area contributed by atoms with Crippen LogP contribution in [0.2, 0.25) is 0 Å². The number of nitrogens with zero attached hydrogens (tertiary/aromatic N) is 4. The Balaban J connectivity index is 1.70. The first kappa shape index (κ1) is 14.7. The number of aromatic nitrogens is 4. The summed E-state index contributed by atoms with van der Waals surface area (Å²) in [5.74, 6) is 0.868. The van der Waals surface area contributed by atoms with Crippen LogP contribution in [0, 0.1) is 5.92 Å². The third-order valence-corrected chi connectivity index (χ3v) is 3.90. The van der Waals surface area contributed by atoms with Crippen molar-refractivity contribution in [2.75, 3.05) is 38.3 Å². The van der Waals surface area contributed by atoms with Gasteiger partial charge in [0.1, 0.15) is 11.8 Å². The SMILES string of the molecule is COCCNC(=O)[C@@H]1CCCN(c2ncnc3nc[nH]c23)C1. The topological polar surface area (TPSA) is 96.0 Å². The average Bonchev–Trinajstić information content (AvgIpc) is 3.03. The number of piperidine rings is 1. The third-order valence-electron chi connectivity index (χ3n) is 3.90. The van der Waals surface area contributed by atoms with E-state index in [1.54, 1.807) is 13.4 Å². The largest absolute Gasteiger partial charge is 0.383 e. The van der Waals surface area contributed by atoms with E-state index < -0.39 is 0 Å². The molecule has 0 spiro atoms. The van der Waals surface area contributed by atoms with E-state index in [1.807, 2.05) is 0 Å². The lowest BCUT2D eigenvalue weighted by Gasteiger charge is -2.32. The third kappa shape index (κ3) is 3.01. The summed E-state index contributed by atoms with van der Waals surface area (Å²) in [6.07, 6.45) is 4.98. The number of nitrogens with one attached hydrogen (secondary N) is 2. The fraction of sp³-hybridized carbons (Fsp3) is 0.571. The van der Waals surface area contributed by atoms with Gasteiger partial charge in [-0.25, -0.2) is 15.0 Å². The number of H-pyrrole nitrogens is 1. The summed E-state index contributed by atoms with van der Waals surface area (Å²) in [7, 11) is 1.62. The lowest BCUT2D eigenvalue weighted by atomic mass is 9.97. The highest BCUT2D eigenvalue weighted by molar-refractivity contribution is 5.84. The van der Waals surface area contributed by atoms with Crippen LogP contribution < -0.4 is 10.2 Å². The number of hydrogen-bond acceptors (Lipinski definition) is 6. The van der Waals surface area contributed by atoms with E-state index in [0.717, 1.165) is 30.7 Å². The van der Waals surface area contributed by atoms with Gasteiger partial charge < -0.3 is 19.9 Å². The molecule has 1 amide bonds. The number of anilines is 1. The van der Waals surface area contributed by atoms with Crippen LogP contribution in [-0.2, 0) is 9.53 Å². The van der Waals surface area contributed by atoms with Crippen molar-refractivity contribution >= 4 is 22.9 Å². The molecule has 0 bridgehead atoms. The van der Waals surface area contributed by atoms with Gasteiger partial charge in [0.15, 0.2) is 11.5 Å². The number of fused-ring (bicyclic) bond motifs is 1. The van der Waals surface area contributed by atoms with E-state index in [1.165, 1.54) is 6.33 Å². The summed E-state index contributed by atoms with van der Waals surface area (Å²) in [6, 6.07) is 0. The van der Waals surface area contributed by atoms with Crippen molar-refractivity contribution in [1.29, 1.82) is 0 Å². The summed E-state index contributed by atoms with van der Waals surface area (Å²) < 4.78 is 4.96. The summed E-state index contributed by atoms with van der Waals surface area (Å²) >= 11 is 0. The number of carbonyl (C=O) groups is 1. The molecular formula is C14H20N6O2. The second-order valence-corrected chi connectivity index (χ2v) is 5.37. The molecule has 3 heterocycles. The van der Waals surface area contributed by atoms with Crippen LogP contribution in [0.25, 0.3) is 11.2 Å². The molecule has 1 aliphatic rings. The van der Waals surface area contributed by atoms with Crippen molar-refractivity contribution in [3.05, 3.63) is 12.7 Å². The molecule has 1 aliphatic heterocycles. The first-order chi connectivity index (χ1) is 10.8. The molecule has 1 atom stereocenters. The van der Waals surface area contributed by atoms with Gasteiger partial charge in [0.25, 0.3) is 0 Å². The maximum atomic E-state index is 12.2. The highest BCUT2D eigenvalue weighted by Gasteiger charge is 2.27. The Kier molecular flexibility index (Phi) is 4.47. The van der Waals surface area contributed by atoms with Crippen LogP contribution in [-0.4, -0.2) is 59.2 Å². The Labute approximate surface area is 128 Å². The molecule has 2 N–H and O–H groups in total. The molecule has 2 aromatic rings. The normalized spacial score (nSPS) is 18.6. The molecule has 8 heteroatoms. The molecule has 1 saturated heterocycles. The zero-order valence-electron chi connectivity index (χ0n) is 12.6. The lowest BCUT2D eigenvalue weighted by molar-refractivity contribution is -0.125. The van der Waals surface area contributed by atoms with Crippen molar-refractivity contribution in [2.24, 2.45) is 5.92 Å². The van der Waals surface area contributed by atoms with Gasteiger partial charge in [-0.3, -0.25) is 4.79 Å². The molecule has 118 valence electrons. The lowest BCUT2D eigenvalue weighted by Crippen LogP contribution is -2.44. The van der Waals surface area contributed by atoms with E-state index in [2.05, 4.69) is 30.2 Å². The molecule has 8 nitrogen and oxygen atoms in total. The number of imidazole rings is 1. The molecule has 0 aliphatic carbocycles. The predicted molar refractivity (Wildman–Crippen MR) is 81.5 cm³/mol. The molecule has 0 aromatic carbocycles. The van der Waals surface area contributed by atoms with E-state index in [9.17, 15) is 4.79 Å². The van der Waals surface area contributed by atoms with Gasteiger partial charge in [-0.1, -0.05) is 0 Å². The Hall–Kier alpha value is -2.22. The van der Waals surface area contributed by atoms with Crippen molar-refractivity contribution in [2.45, 2.75) is 12.8 Å². The average molecular weight is 304 g/mol. The highest BCUT2D eigenvalue weighted by atomic mass is 16.5. The van der Waals surface area contributed by atoms with E-state index >= 15 is 0 Å². The van der Waals surface area contributed by atoms with Crippen LogP contribution in [0.15, 0.2) is 12.7 Å². The van der Waals surface area contributed by atoms with E-state index in [-0.39, 0.29) is 11.8 Å². The van der Waals surface area contributed by atoms with Crippen LogP contribution in [0.4, 0.5) is 5.82 Å². The fourth-order valence-corrected chi connectivity index (χ4v) is 2.80. The second-order valence-electron chi connectivity index (χ2n) is 5.37. The zero-order chi connectivity index (χ0) is 15.4. The van der Waals surface area contributed by atoms with Gasteiger partial charge in [0.05, 0.1) is 18.9 Å². The number of amides is 1. The first-order valence-electron chi connectivity index (χ1n) is 7.45. The summed E-state index contributed by atoms with van der Waals surface area (Å²) in [4.78, 5) is 30.1. The minimum absolute atomic E-state index is 0.0291. The summed E-state index contributed by atoms with van der Waals surface area (Å²) in [5.41, 5.74) is 1.47. The monoisotopic (exact) mass is 304 g/mol. The molecule has 22 heavy (non-hydrogen) atoms. The van der Waals surface area contributed by atoms with Crippen molar-refractivity contribution in [1.82, 2.24) is 25.3 Å². The van der Waals surface area contributed by atoms with Gasteiger partial charge in [0, 0.05) is 26.7 Å². The fourth-order valence-electron chi connectivity index (χ4n) is 2.80. The van der Waals surface area contributed by atoms with Crippen molar-refractivity contribution in [3.63, 3.8) is 0 Å². The van der Waals surface area contributed by atoms with Crippen LogP contribution in [0.1, 0.15) is 12.8 Å². The van der Waals surface area contributed by atoms with E-state index in [0.29, 0.717) is 25.3 Å². The number of hydrogen-bond donors (Lipinski definition) is 2. The van der Waals surface area contributed by atoms with Gasteiger partial charge in [-0.15, -0.1) is 0 Å². The second kappa shape index (κ2) is 6.69. The molecule has 3 rings (SSSR count). The van der Waals surface area contributed by atoms with Crippen molar-refractivity contribution in [3.8, 4) is 0 Å². The van der Waals surface area contributed by atoms with Crippen LogP contribution in [0.5, 0.6) is 0 Å². The van der Waals surface area contributed by atoms with Gasteiger partial charge in [0.2, 0.25) is 5.91 Å². The maximum Gasteiger partial charge on any atom is 0.224 e. The molecule has 0 radical (unpaired) electrons. The summed E-state index contributed by atoms with van der Waals surface area (Å²) in [6.45, 7) is 2.61. The van der Waals surface area contributed by atoms with Crippen LogP contribution in [0.3, 0.4) is 0 Å². The predicted octanol–water partition coefficient (Wildman–Crippen LogP) is 0.332. The molecule has 0 unspecified atom stereocenters. The molecular weight excluding hydrogens is 284 g/mol. The van der Waals surface area contributed by atoms with Crippen molar-refractivity contribution < 1.29 is 9.53 Å². The number of methoxy groups -OCH3 is 1. The minimum Gasteiger partial charge on any atom is -0.383 e. The van der Waals surface area contributed by atoms with Gasteiger partial charge >= 0.3 is 0 Å². The number of ether oxygens (including phenoxy) is 1. The first-order valence-corrected chi connectivity index (χ1v) is 7.45. The van der Waals surface area contributed by atoms with E-state index in [4.69, 9.17) is 4.74 Å². The van der Waals surface area contributed by atoms with Gasteiger partial charge in [-0.2, -0.15) is 0 Å². The molecule has 0 saturated carbocycles. The number of aromatic amines is 1. The highest BCUT2D eigenvalue weighted by Crippen LogP contribution is 2.25. The van der Waals surface area contributed by atoms with Gasteiger partial charge in [-0.05, 0) is 12.8 Å². The summed E-state index contributed by atoms with van der Waals surface area (Å²) in [5, 5.41) is 2.91. The maximum absolute atomic E-state index is 12.2. The Morgan fingerprint density at radius 2 is 2.41 bits per heavy atom. The quantitative estimate of drug-likeness (QED) is 0.773. The zero-order valence-corrected chi connectivity index (χ0v) is 12.6. The number of carbonyl (C=O) groups excluding carboxylic acids is 1. The Bertz CT molecular complexity index is 643. The minimum atomic E-state index is -0.0291. The Morgan fingerprint density at radius 3 is 3.27 bits per heavy atom. The molecule has 2 aromatic heterocycles. The molecule has 1 fully saturated rings. The van der Waals surface area contributed by atoms with Crippen LogP contribution >= 0.6 is 0 Å². The standard InChI is InChI=1S/C14H20N6O2/c1-22-6-4-15-14(21)10-3-2-5-20(7-10)13-11-12(17-8-16-11)18-9-19-13/h8-10H,2-7H2,1H3,(H,15,21)(H,16,17,18,19)/t10-/m1/s1. The number of rotatable bonds is 5. The smallest absolute Gasteiger partial charge is 0.224 e. The Morgan fingerprint density at radius 1 is 1.50 bits per heavy atom.